The van der Waals surface area contributed by atoms with E-state index in [1.807, 2.05) is 12.1 Å². The van der Waals surface area contributed by atoms with Gasteiger partial charge in [0.05, 0.1) is 5.39 Å². The predicted molar refractivity (Wildman–Crippen MR) is 125 cm³/mol. The van der Waals surface area contributed by atoms with Gasteiger partial charge in [0, 0.05) is 6.07 Å². The quantitative estimate of drug-likeness (QED) is 0.303. The van der Waals surface area contributed by atoms with Gasteiger partial charge in [-0.1, -0.05) is 63.8 Å². The molecule has 0 spiro atoms. The first-order valence-corrected chi connectivity index (χ1v) is 12.3. The fraction of sp³-hybridized carbons (Fsp3) is 0.571. The Labute approximate surface area is 185 Å². The third-order valence-electron chi connectivity index (χ3n) is 7.75. The highest BCUT2D eigenvalue weighted by Crippen LogP contribution is 2.49. The first-order chi connectivity index (χ1) is 15.1. The fourth-order valence-corrected chi connectivity index (χ4v) is 6.13. The van der Waals surface area contributed by atoms with Gasteiger partial charge in [0.15, 0.2) is 0 Å². The van der Waals surface area contributed by atoms with Gasteiger partial charge in [-0.3, -0.25) is 0 Å². The Balaban J connectivity index is 1.47. The molecule has 1 nitrogen and oxygen atoms in total. The molecule has 0 amide bonds. The fourth-order valence-electron chi connectivity index (χ4n) is 6.13. The molecule has 2 aromatic carbocycles. The molecule has 0 radical (unpaired) electrons. The second-order valence-corrected chi connectivity index (χ2v) is 9.78. The molecule has 0 aromatic heterocycles. The molecule has 0 saturated heterocycles. The Kier molecular flexibility index (Phi) is 7.30. The number of unbranched alkanes of at least 4 members (excludes halogenated alkanes) is 2. The van der Waals surface area contributed by atoms with E-state index in [9.17, 15) is 4.39 Å². The second kappa shape index (κ2) is 10.1. The number of hydrogen-bond acceptors (Lipinski definition) is 1. The standard InChI is InChI=1S/C28H36F2O/c1-3-5-6-7-19-8-9-21-16-22(11-10-20(21)15-19)25-13-12-23-17-24(31-14-4-2)18-26(29)27(23)28(25)30/h4,12-13,17-22H,2-3,5-11,14-16H2,1H3/t19?,20-,21?,22-/m1/s1. The largest absolute Gasteiger partial charge is 0.489 e. The Morgan fingerprint density at radius 3 is 2.65 bits per heavy atom. The van der Waals surface area contributed by atoms with Crippen molar-refractivity contribution in [1.29, 1.82) is 0 Å². The molecule has 31 heavy (non-hydrogen) atoms. The third-order valence-corrected chi connectivity index (χ3v) is 7.75. The molecular weight excluding hydrogens is 390 g/mol. The zero-order valence-electron chi connectivity index (χ0n) is 18.8. The van der Waals surface area contributed by atoms with Gasteiger partial charge in [-0.05, 0) is 72.8 Å². The first kappa shape index (κ1) is 22.3. The summed E-state index contributed by atoms with van der Waals surface area (Å²) in [6, 6.07) is 6.74. The molecular formula is C28H36F2O. The maximum absolute atomic E-state index is 15.5. The van der Waals surface area contributed by atoms with Crippen LogP contribution in [-0.4, -0.2) is 6.61 Å². The summed E-state index contributed by atoms with van der Waals surface area (Å²) in [5.41, 5.74) is 0.703. The molecule has 2 saturated carbocycles. The minimum absolute atomic E-state index is 0.102. The molecule has 168 valence electrons. The SMILES string of the molecule is C=CCOc1cc(F)c2c(F)c([C@@H]3CC[C@@H]4CC(CCCCC)CCC4C3)ccc2c1. The summed E-state index contributed by atoms with van der Waals surface area (Å²) in [6.45, 7) is 6.18. The molecule has 2 aromatic rings. The van der Waals surface area contributed by atoms with E-state index in [2.05, 4.69) is 13.5 Å². The average Bonchev–Trinajstić information content (AvgIpc) is 2.77. The molecule has 4 atom stereocenters. The summed E-state index contributed by atoms with van der Waals surface area (Å²) >= 11 is 0. The van der Waals surface area contributed by atoms with E-state index in [1.165, 1.54) is 57.4 Å². The third kappa shape index (κ3) is 4.96. The van der Waals surface area contributed by atoms with Crippen molar-refractivity contribution in [1.82, 2.24) is 0 Å². The second-order valence-electron chi connectivity index (χ2n) is 9.78. The van der Waals surface area contributed by atoms with Crippen LogP contribution in [0.25, 0.3) is 10.8 Å². The maximum Gasteiger partial charge on any atom is 0.137 e. The van der Waals surface area contributed by atoms with Gasteiger partial charge in [-0.25, -0.2) is 8.78 Å². The Hall–Kier alpha value is -1.90. The van der Waals surface area contributed by atoms with Crippen LogP contribution in [0.4, 0.5) is 8.78 Å². The lowest BCUT2D eigenvalue weighted by molar-refractivity contribution is 0.112. The van der Waals surface area contributed by atoms with E-state index < -0.39 is 5.82 Å². The number of benzene rings is 2. The Morgan fingerprint density at radius 1 is 1.03 bits per heavy atom. The van der Waals surface area contributed by atoms with Crippen molar-refractivity contribution in [2.24, 2.45) is 17.8 Å². The Morgan fingerprint density at radius 2 is 1.84 bits per heavy atom. The smallest absolute Gasteiger partial charge is 0.137 e. The molecule has 2 aliphatic carbocycles. The first-order valence-electron chi connectivity index (χ1n) is 12.3. The van der Waals surface area contributed by atoms with Gasteiger partial charge >= 0.3 is 0 Å². The molecule has 2 unspecified atom stereocenters. The zero-order chi connectivity index (χ0) is 21.8. The van der Waals surface area contributed by atoms with Crippen molar-refractivity contribution in [3.05, 3.63) is 54.1 Å². The molecule has 4 rings (SSSR count). The zero-order valence-corrected chi connectivity index (χ0v) is 18.8. The molecule has 3 heteroatoms. The molecule has 0 heterocycles. The van der Waals surface area contributed by atoms with Crippen LogP contribution in [-0.2, 0) is 0 Å². The van der Waals surface area contributed by atoms with E-state index >= 15 is 4.39 Å². The van der Waals surface area contributed by atoms with Crippen LogP contribution in [0.15, 0.2) is 36.9 Å². The van der Waals surface area contributed by atoms with Crippen LogP contribution in [0.3, 0.4) is 0 Å². The Bertz CT molecular complexity index is 906. The minimum Gasteiger partial charge on any atom is -0.489 e. The molecule has 0 aliphatic heterocycles. The number of hydrogen-bond donors (Lipinski definition) is 0. The summed E-state index contributed by atoms with van der Waals surface area (Å²) in [5, 5.41) is 0.659. The highest BCUT2D eigenvalue weighted by molar-refractivity contribution is 5.86. The van der Waals surface area contributed by atoms with Crippen molar-refractivity contribution in [3.8, 4) is 5.75 Å². The summed E-state index contributed by atoms with van der Waals surface area (Å²) in [4.78, 5) is 0. The summed E-state index contributed by atoms with van der Waals surface area (Å²) < 4.78 is 35.7. The average molecular weight is 427 g/mol. The van der Waals surface area contributed by atoms with Gasteiger partial charge < -0.3 is 4.74 Å². The van der Waals surface area contributed by atoms with Gasteiger partial charge in [-0.15, -0.1) is 0 Å². The monoisotopic (exact) mass is 426 g/mol. The normalized spacial score (nSPS) is 25.9. The van der Waals surface area contributed by atoms with Crippen molar-refractivity contribution in [2.45, 2.75) is 77.0 Å². The summed E-state index contributed by atoms with van der Waals surface area (Å²) in [5.74, 6) is 2.11. The minimum atomic E-state index is -0.544. The maximum atomic E-state index is 15.5. The van der Waals surface area contributed by atoms with Crippen LogP contribution in [0.5, 0.6) is 5.75 Å². The van der Waals surface area contributed by atoms with E-state index in [0.717, 1.165) is 24.7 Å². The van der Waals surface area contributed by atoms with Gasteiger partial charge in [0.1, 0.15) is 24.0 Å². The van der Waals surface area contributed by atoms with Crippen molar-refractivity contribution in [3.63, 3.8) is 0 Å². The lowest BCUT2D eigenvalue weighted by atomic mass is 9.63. The number of halogens is 2. The van der Waals surface area contributed by atoms with Gasteiger partial charge in [0.2, 0.25) is 0 Å². The van der Waals surface area contributed by atoms with Crippen LogP contribution in [0.1, 0.15) is 82.6 Å². The highest BCUT2D eigenvalue weighted by atomic mass is 19.1. The van der Waals surface area contributed by atoms with Crippen LogP contribution >= 0.6 is 0 Å². The lowest BCUT2D eigenvalue weighted by Gasteiger charge is -2.42. The van der Waals surface area contributed by atoms with E-state index in [0.29, 0.717) is 29.2 Å². The van der Waals surface area contributed by atoms with Crippen molar-refractivity contribution >= 4 is 10.8 Å². The predicted octanol–water partition coefficient (Wildman–Crippen LogP) is 8.56. The van der Waals surface area contributed by atoms with Crippen molar-refractivity contribution < 1.29 is 13.5 Å². The van der Waals surface area contributed by atoms with E-state index in [-0.39, 0.29) is 17.1 Å². The molecule has 0 bridgehead atoms. The molecule has 2 aliphatic rings. The number of rotatable bonds is 8. The number of fused-ring (bicyclic) bond motifs is 2. The van der Waals surface area contributed by atoms with E-state index in [4.69, 9.17) is 4.74 Å². The van der Waals surface area contributed by atoms with E-state index in [1.54, 1.807) is 12.1 Å². The topological polar surface area (TPSA) is 9.23 Å². The highest BCUT2D eigenvalue weighted by Gasteiger charge is 2.36. The van der Waals surface area contributed by atoms with Crippen LogP contribution < -0.4 is 4.74 Å². The van der Waals surface area contributed by atoms with Gasteiger partial charge in [0.25, 0.3) is 0 Å². The van der Waals surface area contributed by atoms with Crippen LogP contribution in [0.2, 0.25) is 0 Å². The van der Waals surface area contributed by atoms with Crippen molar-refractivity contribution in [2.75, 3.05) is 6.61 Å². The van der Waals surface area contributed by atoms with Crippen LogP contribution in [0, 0.1) is 29.4 Å². The summed E-state index contributed by atoms with van der Waals surface area (Å²) in [6.07, 6.45) is 14.3. The lowest BCUT2D eigenvalue weighted by Crippen LogP contribution is -2.30. The summed E-state index contributed by atoms with van der Waals surface area (Å²) in [7, 11) is 0. The molecule has 2 fully saturated rings. The van der Waals surface area contributed by atoms with Gasteiger partial charge in [-0.2, -0.15) is 0 Å². The molecule has 0 N–H and O–H groups in total. The number of ether oxygens (including phenoxy) is 1.